The minimum Gasteiger partial charge on any atom is -0.381 e. The SMILES string of the molecule is Fc1cccc(CNc2cc(F)c(F)c(F)c2)c1. The summed E-state index contributed by atoms with van der Waals surface area (Å²) in [5.74, 6) is -4.44. The number of hydrogen-bond donors (Lipinski definition) is 1. The van der Waals surface area contributed by atoms with Crippen LogP contribution in [0.25, 0.3) is 0 Å². The largest absolute Gasteiger partial charge is 0.381 e. The van der Waals surface area contributed by atoms with Crippen LogP contribution < -0.4 is 5.32 Å². The third-order valence-electron chi connectivity index (χ3n) is 2.37. The zero-order valence-electron chi connectivity index (χ0n) is 9.18. The fourth-order valence-electron chi connectivity index (χ4n) is 1.51. The van der Waals surface area contributed by atoms with Crippen LogP contribution in [0.3, 0.4) is 0 Å². The Hall–Kier alpha value is -2.04. The molecule has 2 aromatic rings. The number of nitrogens with one attached hydrogen (secondary N) is 1. The van der Waals surface area contributed by atoms with Gasteiger partial charge in [-0.1, -0.05) is 12.1 Å². The van der Waals surface area contributed by atoms with Gasteiger partial charge in [-0.15, -0.1) is 0 Å². The van der Waals surface area contributed by atoms with Crippen LogP contribution in [-0.4, -0.2) is 0 Å². The van der Waals surface area contributed by atoms with Crippen molar-refractivity contribution in [1.29, 1.82) is 0 Å². The molecule has 1 N–H and O–H groups in total. The van der Waals surface area contributed by atoms with Gasteiger partial charge in [0.25, 0.3) is 0 Å². The lowest BCUT2D eigenvalue weighted by molar-refractivity contribution is 0.447. The van der Waals surface area contributed by atoms with Gasteiger partial charge in [0.05, 0.1) is 0 Å². The highest BCUT2D eigenvalue weighted by atomic mass is 19.2. The molecule has 0 heterocycles. The minimum atomic E-state index is -1.51. The van der Waals surface area contributed by atoms with Crippen molar-refractivity contribution in [2.75, 3.05) is 5.32 Å². The van der Waals surface area contributed by atoms with Crippen molar-refractivity contribution < 1.29 is 17.6 Å². The summed E-state index contributed by atoms with van der Waals surface area (Å²) in [5, 5.41) is 2.68. The van der Waals surface area contributed by atoms with E-state index in [-0.39, 0.29) is 12.2 Å². The third kappa shape index (κ3) is 2.80. The molecule has 2 rings (SSSR count). The first-order chi connectivity index (χ1) is 8.56. The van der Waals surface area contributed by atoms with Crippen LogP contribution in [0.5, 0.6) is 0 Å². The van der Waals surface area contributed by atoms with E-state index >= 15 is 0 Å². The van der Waals surface area contributed by atoms with Crippen molar-refractivity contribution >= 4 is 5.69 Å². The molecule has 0 unspecified atom stereocenters. The molecule has 2 aromatic carbocycles. The predicted molar refractivity (Wildman–Crippen MR) is 60.0 cm³/mol. The number of halogens is 4. The van der Waals surface area contributed by atoms with Crippen LogP contribution >= 0.6 is 0 Å². The summed E-state index contributed by atoms with van der Waals surface area (Å²) in [7, 11) is 0. The molecule has 0 saturated heterocycles. The molecule has 0 saturated carbocycles. The highest BCUT2D eigenvalue weighted by molar-refractivity contribution is 5.44. The van der Waals surface area contributed by atoms with Gasteiger partial charge in [-0.05, 0) is 17.7 Å². The second kappa shape index (κ2) is 5.08. The molecule has 0 aliphatic heterocycles. The fraction of sp³-hybridized carbons (Fsp3) is 0.0769. The number of benzene rings is 2. The summed E-state index contributed by atoms with van der Waals surface area (Å²) in [6, 6.07) is 7.46. The van der Waals surface area contributed by atoms with Gasteiger partial charge in [0.1, 0.15) is 5.82 Å². The average molecular weight is 255 g/mol. The van der Waals surface area contributed by atoms with Gasteiger partial charge in [0.15, 0.2) is 17.5 Å². The Morgan fingerprint density at radius 3 is 2.17 bits per heavy atom. The van der Waals surface area contributed by atoms with Crippen molar-refractivity contribution in [3.63, 3.8) is 0 Å². The molecule has 0 fully saturated rings. The Kier molecular flexibility index (Phi) is 3.50. The Morgan fingerprint density at radius 2 is 1.56 bits per heavy atom. The molecule has 0 spiro atoms. The van der Waals surface area contributed by atoms with E-state index in [1.165, 1.54) is 18.2 Å². The summed E-state index contributed by atoms with van der Waals surface area (Å²) in [6.07, 6.45) is 0. The van der Waals surface area contributed by atoms with E-state index in [1.807, 2.05) is 0 Å². The van der Waals surface area contributed by atoms with E-state index in [2.05, 4.69) is 5.32 Å². The van der Waals surface area contributed by atoms with Crippen LogP contribution in [0.4, 0.5) is 23.2 Å². The molecule has 18 heavy (non-hydrogen) atoms. The Labute approximate surface area is 101 Å². The van der Waals surface area contributed by atoms with Crippen LogP contribution in [0.15, 0.2) is 36.4 Å². The second-order valence-corrected chi connectivity index (χ2v) is 3.74. The summed E-state index contributed by atoms with van der Waals surface area (Å²) < 4.78 is 51.4. The highest BCUT2D eigenvalue weighted by Crippen LogP contribution is 2.18. The van der Waals surface area contributed by atoms with E-state index in [1.54, 1.807) is 6.07 Å². The maximum Gasteiger partial charge on any atom is 0.194 e. The van der Waals surface area contributed by atoms with Crippen LogP contribution in [0.1, 0.15) is 5.56 Å². The van der Waals surface area contributed by atoms with Gasteiger partial charge in [-0.25, -0.2) is 17.6 Å². The Morgan fingerprint density at radius 1 is 0.889 bits per heavy atom. The van der Waals surface area contributed by atoms with E-state index in [0.29, 0.717) is 5.56 Å². The fourth-order valence-corrected chi connectivity index (χ4v) is 1.51. The molecule has 94 valence electrons. The number of anilines is 1. The number of hydrogen-bond acceptors (Lipinski definition) is 1. The van der Waals surface area contributed by atoms with E-state index in [9.17, 15) is 17.6 Å². The molecule has 0 aliphatic rings. The lowest BCUT2D eigenvalue weighted by atomic mass is 10.2. The normalized spacial score (nSPS) is 10.4. The van der Waals surface area contributed by atoms with Gasteiger partial charge >= 0.3 is 0 Å². The first-order valence-electron chi connectivity index (χ1n) is 5.19. The lowest BCUT2D eigenvalue weighted by Gasteiger charge is -2.07. The molecule has 0 bridgehead atoms. The third-order valence-corrected chi connectivity index (χ3v) is 2.37. The van der Waals surface area contributed by atoms with Crippen LogP contribution in [0, 0.1) is 23.3 Å². The smallest absolute Gasteiger partial charge is 0.194 e. The molecule has 1 nitrogen and oxygen atoms in total. The molecule has 0 radical (unpaired) electrons. The second-order valence-electron chi connectivity index (χ2n) is 3.74. The molecule has 5 heteroatoms. The maximum absolute atomic E-state index is 12.9. The molecule has 0 aromatic heterocycles. The summed E-state index contributed by atoms with van der Waals surface area (Å²) in [6.45, 7) is 0.183. The first kappa shape index (κ1) is 12.4. The van der Waals surface area contributed by atoms with Gasteiger partial charge < -0.3 is 5.32 Å². The predicted octanol–water partition coefficient (Wildman–Crippen LogP) is 3.86. The zero-order chi connectivity index (χ0) is 13.1. The van der Waals surface area contributed by atoms with Crippen LogP contribution in [0.2, 0.25) is 0 Å². The van der Waals surface area contributed by atoms with Crippen molar-refractivity contribution in [2.45, 2.75) is 6.54 Å². The summed E-state index contributed by atoms with van der Waals surface area (Å²) in [4.78, 5) is 0. The molecule has 0 atom stereocenters. The maximum atomic E-state index is 12.9. The summed E-state index contributed by atoms with van der Waals surface area (Å²) >= 11 is 0. The molecule has 0 amide bonds. The first-order valence-corrected chi connectivity index (χ1v) is 5.19. The van der Waals surface area contributed by atoms with Crippen molar-refractivity contribution in [1.82, 2.24) is 0 Å². The highest BCUT2D eigenvalue weighted by Gasteiger charge is 2.10. The molecular formula is C13H9F4N. The lowest BCUT2D eigenvalue weighted by Crippen LogP contribution is -2.02. The quantitative estimate of drug-likeness (QED) is 0.648. The average Bonchev–Trinajstić information content (AvgIpc) is 2.33. The van der Waals surface area contributed by atoms with Crippen LogP contribution in [-0.2, 0) is 6.54 Å². The van der Waals surface area contributed by atoms with Gasteiger partial charge in [-0.3, -0.25) is 0 Å². The van der Waals surface area contributed by atoms with Crippen molar-refractivity contribution in [2.24, 2.45) is 0 Å². The van der Waals surface area contributed by atoms with Gasteiger partial charge in [0.2, 0.25) is 0 Å². The van der Waals surface area contributed by atoms with Crippen molar-refractivity contribution in [3.05, 3.63) is 65.2 Å². The monoisotopic (exact) mass is 255 g/mol. The summed E-state index contributed by atoms with van der Waals surface area (Å²) in [5.41, 5.74) is 0.704. The van der Waals surface area contributed by atoms with E-state index in [4.69, 9.17) is 0 Å². The topological polar surface area (TPSA) is 12.0 Å². The zero-order valence-corrected chi connectivity index (χ0v) is 9.18. The Balaban J connectivity index is 2.11. The van der Waals surface area contributed by atoms with Gasteiger partial charge in [0, 0.05) is 24.4 Å². The van der Waals surface area contributed by atoms with Gasteiger partial charge in [-0.2, -0.15) is 0 Å². The van der Waals surface area contributed by atoms with E-state index < -0.39 is 23.3 Å². The van der Waals surface area contributed by atoms with E-state index in [0.717, 1.165) is 12.1 Å². The minimum absolute atomic E-state index is 0.0932. The standard InChI is InChI=1S/C13H9F4N/c14-9-3-1-2-8(4-9)7-18-10-5-11(15)13(17)12(16)6-10/h1-6,18H,7H2. The Bertz CT molecular complexity index is 546. The molecular weight excluding hydrogens is 246 g/mol. The number of rotatable bonds is 3. The van der Waals surface area contributed by atoms with Crippen molar-refractivity contribution in [3.8, 4) is 0 Å². The molecule has 0 aliphatic carbocycles.